The first kappa shape index (κ1) is 15.5. The molecule has 114 valence electrons. The van der Waals surface area contributed by atoms with Crippen molar-refractivity contribution in [2.45, 2.75) is 6.92 Å². The number of benzene rings is 1. The molecule has 1 amide bonds. The van der Waals surface area contributed by atoms with Gasteiger partial charge in [-0.15, -0.1) is 0 Å². The number of anilines is 1. The molecule has 0 aliphatic heterocycles. The normalized spacial score (nSPS) is 9.91. The van der Waals surface area contributed by atoms with E-state index in [-0.39, 0.29) is 11.8 Å². The van der Waals surface area contributed by atoms with E-state index in [4.69, 9.17) is 9.47 Å². The fourth-order valence-corrected chi connectivity index (χ4v) is 1.86. The number of carbonyl (C=O) groups is 2. The number of nitrogens with zero attached hydrogens (tertiary/aromatic N) is 1. The van der Waals surface area contributed by atoms with Crippen molar-refractivity contribution in [1.82, 2.24) is 4.98 Å². The molecule has 1 aromatic heterocycles. The van der Waals surface area contributed by atoms with Gasteiger partial charge in [-0.3, -0.25) is 4.79 Å². The molecule has 0 aliphatic carbocycles. The molecule has 0 fully saturated rings. The Morgan fingerprint density at radius 2 is 2.05 bits per heavy atom. The SMILES string of the molecule is CCOC(=O)c1cccc(NC(=O)c2cccnc2OC)c1. The molecular weight excluding hydrogens is 284 g/mol. The monoisotopic (exact) mass is 300 g/mol. The van der Waals surface area contributed by atoms with Gasteiger partial charge in [-0.1, -0.05) is 6.07 Å². The minimum Gasteiger partial charge on any atom is -0.480 e. The number of methoxy groups -OCH3 is 1. The number of carbonyl (C=O) groups excluding carboxylic acids is 2. The maximum Gasteiger partial charge on any atom is 0.338 e. The quantitative estimate of drug-likeness (QED) is 0.858. The van der Waals surface area contributed by atoms with Crippen molar-refractivity contribution in [3.05, 3.63) is 53.7 Å². The van der Waals surface area contributed by atoms with Gasteiger partial charge in [-0.2, -0.15) is 0 Å². The highest BCUT2D eigenvalue weighted by molar-refractivity contribution is 6.06. The number of hydrogen-bond donors (Lipinski definition) is 1. The van der Waals surface area contributed by atoms with Crippen LogP contribution in [0.1, 0.15) is 27.6 Å². The van der Waals surface area contributed by atoms with Gasteiger partial charge < -0.3 is 14.8 Å². The molecule has 22 heavy (non-hydrogen) atoms. The number of rotatable bonds is 5. The predicted octanol–water partition coefficient (Wildman–Crippen LogP) is 2.52. The summed E-state index contributed by atoms with van der Waals surface area (Å²) in [6.45, 7) is 2.03. The van der Waals surface area contributed by atoms with Crippen LogP contribution in [0.25, 0.3) is 0 Å². The second-order valence-electron chi connectivity index (χ2n) is 4.32. The zero-order valence-electron chi connectivity index (χ0n) is 12.3. The predicted molar refractivity (Wildman–Crippen MR) is 81.1 cm³/mol. The summed E-state index contributed by atoms with van der Waals surface area (Å²) in [4.78, 5) is 27.9. The lowest BCUT2D eigenvalue weighted by Gasteiger charge is -2.09. The van der Waals surface area contributed by atoms with Crippen LogP contribution in [0.4, 0.5) is 5.69 Å². The molecule has 0 bridgehead atoms. The number of amides is 1. The summed E-state index contributed by atoms with van der Waals surface area (Å²) >= 11 is 0. The molecule has 0 saturated heterocycles. The van der Waals surface area contributed by atoms with Gasteiger partial charge in [0.2, 0.25) is 5.88 Å². The zero-order valence-corrected chi connectivity index (χ0v) is 12.3. The average molecular weight is 300 g/mol. The summed E-state index contributed by atoms with van der Waals surface area (Å²) in [7, 11) is 1.44. The molecular formula is C16H16N2O4. The summed E-state index contributed by atoms with van der Waals surface area (Å²) in [5.41, 5.74) is 1.17. The highest BCUT2D eigenvalue weighted by Gasteiger charge is 2.14. The van der Waals surface area contributed by atoms with Gasteiger partial charge >= 0.3 is 5.97 Å². The third-order valence-corrected chi connectivity index (χ3v) is 2.84. The molecule has 0 spiro atoms. The van der Waals surface area contributed by atoms with Crippen LogP contribution in [0.2, 0.25) is 0 Å². The van der Waals surface area contributed by atoms with Crippen LogP contribution in [0, 0.1) is 0 Å². The fourth-order valence-electron chi connectivity index (χ4n) is 1.86. The summed E-state index contributed by atoms with van der Waals surface area (Å²) in [6.07, 6.45) is 1.54. The number of aromatic nitrogens is 1. The molecule has 0 radical (unpaired) electrons. The van der Waals surface area contributed by atoms with E-state index >= 15 is 0 Å². The van der Waals surface area contributed by atoms with E-state index in [2.05, 4.69) is 10.3 Å². The molecule has 0 atom stereocenters. The van der Waals surface area contributed by atoms with Crippen LogP contribution in [-0.4, -0.2) is 30.6 Å². The maximum absolute atomic E-state index is 12.3. The number of pyridine rings is 1. The highest BCUT2D eigenvalue weighted by Crippen LogP contribution is 2.17. The van der Waals surface area contributed by atoms with E-state index < -0.39 is 5.97 Å². The maximum atomic E-state index is 12.3. The Morgan fingerprint density at radius 1 is 1.23 bits per heavy atom. The molecule has 2 rings (SSSR count). The third kappa shape index (κ3) is 3.60. The van der Waals surface area contributed by atoms with E-state index in [1.807, 2.05) is 0 Å². The van der Waals surface area contributed by atoms with Gasteiger partial charge in [0.05, 0.1) is 19.3 Å². The second-order valence-corrected chi connectivity index (χ2v) is 4.32. The van der Waals surface area contributed by atoms with Crippen LogP contribution in [0.15, 0.2) is 42.6 Å². The van der Waals surface area contributed by atoms with Crippen molar-refractivity contribution >= 4 is 17.6 Å². The molecule has 1 aromatic carbocycles. The molecule has 0 saturated carbocycles. The van der Waals surface area contributed by atoms with Gasteiger partial charge in [-0.05, 0) is 37.3 Å². The first-order valence-electron chi connectivity index (χ1n) is 6.73. The molecule has 6 nitrogen and oxygen atoms in total. The highest BCUT2D eigenvalue weighted by atomic mass is 16.5. The molecule has 0 aliphatic rings. The lowest BCUT2D eigenvalue weighted by molar-refractivity contribution is 0.0526. The van der Waals surface area contributed by atoms with E-state index in [0.717, 1.165) is 0 Å². The Morgan fingerprint density at radius 3 is 2.77 bits per heavy atom. The van der Waals surface area contributed by atoms with Crippen molar-refractivity contribution in [2.75, 3.05) is 19.0 Å². The summed E-state index contributed by atoms with van der Waals surface area (Å²) < 4.78 is 9.98. The molecule has 6 heteroatoms. The average Bonchev–Trinajstić information content (AvgIpc) is 2.55. The standard InChI is InChI=1S/C16H16N2O4/c1-3-22-16(20)11-6-4-7-12(10-11)18-14(19)13-8-5-9-17-15(13)21-2/h4-10H,3H2,1-2H3,(H,18,19). The largest absolute Gasteiger partial charge is 0.480 e. The number of nitrogens with one attached hydrogen (secondary N) is 1. The molecule has 0 unspecified atom stereocenters. The van der Waals surface area contributed by atoms with Crippen LogP contribution in [0.3, 0.4) is 0 Å². The molecule has 1 heterocycles. The Bertz CT molecular complexity index is 685. The molecule has 1 N–H and O–H groups in total. The van der Waals surface area contributed by atoms with Gasteiger partial charge in [0.1, 0.15) is 5.56 Å². The first-order chi connectivity index (χ1) is 10.7. The van der Waals surface area contributed by atoms with Crippen LogP contribution >= 0.6 is 0 Å². The van der Waals surface area contributed by atoms with Crippen LogP contribution < -0.4 is 10.1 Å². The lowest BCUT2D eigenvalue weighted by atomic mass is 10.2. The number of hydrogen-bond acceptors (Lipinski definition) is 5. The van der Waals surface area contributed by atoms with Crippen molar-refractivity contribution < 1.29 is 19.1 Å². The molecule has 2 aromatic rings. The van der Waals surface area contributed by atoms with Crippen LogP contribution in [-0.2, 0) is 4.74 Å². The zero-order chi connectivity index (χ0) is 15.9. The Labute approximate surface area is 128 Å². The van der Waals surface area contributed by atoms with Crippen molar-refractivity contribution in [1.29, 1.82) is 0 Å². The fraction of sp³-hybridized carbons (Fsp3) is 0.188. The first-order valence-corrected chi connectivity index (χ1v) is 6.73. The minimum absolute atomic E-state index is 0.238. The van der Waals surface area contributed by atoms with E-state index in [1.165, 1.54) is 13.3 Å². The lowest BCUT2D eigenvalue weighted by Crippen LogP contribution is -2.14. The Balaban J connectivity index is 2.18. The minimum atomic E-state index is -0.433. The van der Waals surface area contributed by atoms with Gasteiger partial charge in [0.15, 0.2) is 0 Å². The third-order valence-electron chi connectivity index (χ3n) is 2.84. The van der Waals surface area contributed by atoms with Gasteiger partial charge in [-0.25, -0.2) is 9.78 Å². The number of ether oxygens (including phenoxy) is 2. The van der Waals surface area contributed by atoms with E-state index in [9.17, 15) is 9.59 Å². The van der Waals surface area contributed by atoms with E-state index in [1.54, 1.807) is 43.3 Å². The summed E-state index contributed by atoms with van der Waals surface area (Å²) in [5, 5.41) is 2.70. The van der Waals surface area contributed by atoms with Crippen molar-refractivity contribution in [3.8, 4) is 5.88 Å². The Hall–Kier alpha value is -2.89. The summed E-state index contributed by atoms with van der Waals surface area (Å²) in [6, 6.07) is 9.78. The Kier molecular flexibility index (Phi) is 5.08. The smallest absolute Gasteiger partial charge is 0.338 e. The van der Waals surface area contributed by atoms with Crippen molar-refractivity contribution in [3.63, 3.8) is 0 Å². The number of esters is 1. The van der Waals surface area contributed by atoms with Gasteiger partial charge in [0, 0.05) is 11.9 Å². The van der Waals surface area contributed by atoms with Crippen molar-refractivity contribution in [2.24, 2.45) is 0 Å². The second kappa shape index (κ2) is 7.21. The van der Waals surface area contributed by atoms with Crippen LogP contribution in [0.5, 0.6) is 5.88 Å². The topological polar surface area (TPSA) is 77.5 Å². The van der Waals surface area contributed by atoms with E-state index in [0.29, 0.717) is 23.4 Å². The van der Waals surface area contributed by atoms with Gasteiger partial charge in [0.25, 0.3) is 5.91 Å². The summed E-state index contributed by atoms with van der Waals surface area (Å²) in [5.74, 6) is -0.565.